The van der Waals surface area contributed by atoms with Crippen molar-refractivity contribution in [3.63, 3.8) is 0 Å². The fourth-order valence-corrected chi connectivity index (χ4v) is 5.75. The molecule has 152 valence electrons. The third-order valence-electron chi connectivity index (χ3n) is 5.58. The second kappa shape index (κ2) is 9.22. The molecule has 1 saturated heterocycles. The summed E-state index contributed by atoms with van der Waals surface area (Å²) in [5.41, 5.74) is 1.13. The molecule has 3 aromatic rings. The molecular weight excluding hydrogens is 400 g/mol. The van der Waals surface area contributed by atoms with Crippen molar-refractivity contribution in [1.82, 2.24) is 9.80 Å². The van der Waals surface area contributed by atoms with E-state index < -0.39 is 0 Å². The molecule has 0 unspecified atom stereocenters. The highest BCUT2D eigenvalue weighted by Gasteiger charge is 2.33. The monoisotopic (exact) mass is 426 g/mol. The van der Waals surface area contributed by atoms with Gasteiger partial charge in [-0.25, -0.2) is 0 Å². The van der Waals surface area contributed by atoms with E-state index in [1.165, 1.54) is 0 Å². The van der Waals surface area contributed by atoms with Crippen molar-refractivity contribution in [2.24, 2.45) is 0 Å². The van der Waals surface area contributed by atoms with Crippen LogP contribution in [0.4, 0.5) is 0 Å². The number of nitrogens with zero attached hydrogens (tertiary/aromatic N) is 2. The fourth-order valence-electron chi connectivity index (χ4n) is 4.00. The van der Waals surface area contributed by atoms with Crippen LogP contribution in [0.15, 0.2) is 65.4 Å². The topological polar surface area (TPSA) is 43.8 Å². The van der Waals surface area contributed by atoms with E-state index in [9.17, 15) is 9.90 Å². The molecule has 6 heteroatoms. The second-order valence-electron chi connectivity index (χ2n) is 7.54. The summed E-state index contributed by atoms with van der Waals surface area (Å²) in [6.07, 6.45) is 0.532. The minimum Gasteiger partial charge on any atom is -0.392 e. The van der Waals surface area contributed by atoms with Crippen molar-refractivity contribution in [1.29, 1.82) is 0 Å². The van der Waals surface area contributed by atoms with Crippen molar-refractivity contribution in [2.45, 2.75) is 24.5 Å². The zero-order chi connectivity index (χ0) is 20.2. The summed E-state index contributed by atoms with van der Waals surface area (Å²) >= 11 is 3.26. The first-order valence-electron chi connectivity index (χ1n) is 9.92. The third kappa shape index (κ3) is 4.61. The number of rotatable bonds is 7. The standard InChI is InChI=1S/C23H26N2O2S2/c1-24(23(27)22(20-9-5-13-28-20)21-10-6-14-29-21)19(17-7-3-2-4-8-17)16-25-12-11-18(26)15-25/h2-10,13-14,18-19,22,26H,11-12,15-16H2,1H3/t18-,19+/m0/s1. The SMILES string of the molecule is CN(C(=O)C(c1cccs1)c1cccs1)[C@H](CN1CC[C@H](O)C1)c1ccccc1. The Morgan fingerprint density at radius 1 is 1.10 bits per heavy atom. The lowest BCUT2D eigenvalue weighted by atomic mass is 10.00. The second-order valence-corrected chi connectivity index (χ2v) is 9.50. The van der Waals surface area contributed by atoms with Gasteiger partial charge in [0.15, 0.2) is 0 Å². The number of β-amino-alcohol motifs (C(OH)–C–C–N with tert-alkyl or cyclic N) is 1. The van der Waals surface area contributed by atoms with Crippen molar-refractivity contribution in [3.05, 3.63) is 80.7 Å². The molecule has 4 nitrogen and oxygen atoms in total. The van der Waals surface area contributed by atoms with Gasteiger partial charge in [0.25, 0.3) is 0 Å². The Morgan fingerprint density at radius 2 is 1.76 bits per heavy atom. The van der Waals surface area contributed by atoms with Crippen LogP contribution in [0.1, 0.15) is 33.7 Å². The average molecular weight is 427 g/mol. The van der Waals surface area contributed by atoms with Gasteiger partial charge in [0.2, 0.25) is 5.91 Å². The Morgan fingerprint density at radius 3 is 2.28 bits per heavy atom. The normalized spacial score (nSPS) is 18.2. The van der Waals surface area contributed by atoms with Crippen LogP contribution in [0.25, 0.3) is 0 Å². The zero-order valence-electron chi connectivity index (χ0n) is 16.5. The number of aliphatic hydroxyl groups excluding tert-OH is 1. The highest BCUT2D eigenvalue weighted by molar-refractivity contribution is 7.11. The third-order valence-corrected chi connectivity index (χ3v) is 7.45. The number of amides is 1. The van der Waals surface area contributed by atoms with E-state index >= 15 is 0 Å². The number of thiophene rings is 2. The molecule has 1 aliphatic heterocycles. The predicted molar refractivity (Wildman–Crippen MR) is 119 cm³/mol. The molecule has 1 aliphatic rings. The van der Waals surface area contributed by atoms with Gasteiger partial charge in [0, 0.05) is 36.4 Å². The van der Waals surface area contributed by atoms with Crippen LogP contribution < -0.4 is 0 Å². The first kappa shape index (κ1) is 20.3. The minimum atomic E-state index is -0.268. The number of carbonyl (C=O) groups excluding carboxylic acids is 1. The molecule has 0 aliphatic carbocycles. The summed E-state index contributed by atoms with van der Waals surface area (Å²) in [4.78, 5) is 20.1. The maximum absolute atomic E-state index is 13.8. The van der Waals surface area contributed by atoms with Gasteiger partial charge < -0.3 is 10.0 Å². The summed E-state index contributed by atoms with van der Waals surface area (Å²) in [6.45, 7) is 2.27. The maximum atomic E-state index is 13.8. The lowest BCUT2D eigenvalue weighted by Gasteiger charge is -2.34. The number of carbonyl (C=O) groups is 1. The number of benzene rings is 1. The fraction of sp³-hybridized carbons (Fsp3) is 0.348. The molecule has 0 saturated carbocycles. The lowest BCUT2D eigenvalue weighted by Crippen LogP contribution is -2.41. The molecule has 2 aromatic heterocycles. The van der Waals surface area contributed by atoms with E-state index in [0.29, 0.717) is 6.54 Å². The summed E-state index contributed by atoms with van der Waals surface area (Å²) < 4.78 is 0. The Labute approximate surface area is 180 Å². The van der Waals surface area contributed by atoms with Gasteiger partial charge in [0.1, 0.15) is 5.92 Å². The summed E-state index contributed by atoms with van der Waals surface area (Å²) in [5.74, 6) is -0.154. The van der Waals surface area contributed by atoms with Gasteiger partial charge in [-0.15, -0.1) is 22.7 Å². The molecule has 1 aromatic carbocycles. The quantitative estimate of drug-likeness (QED) is 0.616. The van der Waals surface area contributed by atoms with Gasteiger partial charge in [-0.1, -0.05) is 42.5 Å². The van der Waals surface area contributed by atoms with E-state index in [2.05, 4.69) is 29.2 Å². The predicted octanol–water partition coefficient (Wildman–Crippen LogP) is 4.21. The molecule has 1 amide bonds. The summed E-state index contributed by atoms with van der Waals surface area (Å²) in [5, 5.41) is 14.0. The van der Waals surface area contributed by atoms with Crippen molar-refractivity contribution in [2.75, 3.05) is 26.7 Å². The molecule has 4 rings (SSSR count). The highest BCUT2D eigenvalue weighted by atomic mass is 32.1. The lowest BCUT2D eigenvalue weighted by molar-refractivity contribution is -0.133. The summed E-state index contributed by atoms with van der Waals surface area (Å²) in [7, 11) is 1.92. The largest absolute Gasteiger partial charge is 0.392 e. The van der Waals surface area contributed by atoms with E-state index in [1.54, 1.807) is 22.7 Å². The van der Waals surface area contributed by atoms with Crippen LogP contribution >= 0.6 is 22.7 Å². The maximum Gasteiger partial charge on any atom is 0.236 e. The van der Waals surface area contributed by atoms with Crippen LogP contribution in [0.5, 0.6) is 0 Å². The van der Waals surface area contributed by atoms with E-state index in [4.69, 9.17) is 0 Å². The van der Waals surface area contributed by atoms with Gasteiger partial charge >= 0.3 is 0 Å². The van der Waals surface area contributed by atoms with Gasteiger partial charge in [-0.05, 0) is 34.9 Å². The van der Waals surface area contributed by atoms with E-state index in [1.807, 2.05) is 53.0 Å². The molecule has 3 heterocycles. The summed E-state index contributed by atoms with van der Waals surface area (Å²) in [6, 6.07) is 18.3. The molecule has 1 N–H and O–H groups in total. The first-order valence-corrected chi connectivity index (χ1v) is 11.7. The Bertz CT molecular complexity index is 862. The molecule has 2 atom stereocenters. The smallest absolute Gasteiger partial charge is 0.236 e. The molecular formula is C23H26N2O2S2. The van der Waals surface area contributed by atoms with Crippen LogP contribution in [0.2, 0.25) is 0 Å². The number of aliphatic hydroxyl groups is 1. The van der Waals surface area contributed by atoms with Crippen LogP contribution in [0.3, 0.4) is 0 Å². The Hall–Kier alpha value is -1.99. The first-order chi connectivity index (χ1) is 14.1. The Kier molecular flexibility index (Phi) is 6.45. The molecule has 29 heavy (non-hydrogen) atoms. The van der Waals surface area contributed by atoms with Gasteiger partial charge in [-0.2, -0.15) is 0 Å². The number of hydrogen-bond acceptors (Lipinski definition) is 5. The molecule has 0 radical (unpaired) electrons. The van der Waals surface area contributed by atoms with E-state index in [0.717, 1.165) is 34.8 Å². The van der Waals surface area contributed by atoms with Crippen molar-refractivity contribution in [3.8, 4) is 0 Å². The van der Waals surface area contributed by atoms with Gasteiger partial charge in [0.05, 0.1) is 12.1 Å². The molecule has 1 fully saturated rings. The van der Waals surface area contributed by atoms with Crippen LogP contribution in [0, 0.1) is 0 Å². The van der Waals surface area contributed by atoms with Crippen LogP contribution in [-0.4, -0.2) is 53.6 Å². The number of hydrogen-bond donors (Lipinski definition) is 1. The van der Waals surface area contributed by atoms with Gasteiger partial charge in [-0.3, -0.25) is 9.69 Å². The molecule has 0 bridgehead atoms. The average Bonchev–Trinajstić information content (AvgIpc) is 3.50. The number of likely N-dealkylation sites (N-methyl/N-ethyl adjacent to an activating group) is 1. The zero-order valence-corrected chi connectivity index (χ0v) is 18.1. The van der Waals surface area contributed by atoms with Crippen LogP contribution in [-0.2, 0) is 4.79 Å². The Balaban J connectivity index is 1.63. The molecule has 0 spiro atoms. The highest BCUT2D eigenvalue weighted by Crippen LogP contribution is 2.35. The van der Waals surface area contributed by atoms with Crippen molar-refractivity contribution < 1.29 is 9.90 Å². The van der Waals surface area contributed by atoms with Crippen molar-refractivity contribution >= 4 is 28.6 Å². The van der Waals surface area contributed by atoms with E-state index in [-0.39, 0.29) is 24.0 Å². The number of likely N-dealkylation sites (tertiary alicyclic amines) is 1. The minimum absolute atomic E-state index is 0.0589.